The lowest BCUT2D eigenvalue weighted by molar-refractivity contribution is -0.141. The summed E-state index contributed by atoms with van der Waals surface area (Å²) in [7, 11) is 0. The van der Waals surface area contributed by atoms with Crippen LogP contribution in [0.5, 0.6) is 0 Å². The molecule has 1 aromatic carbocycles. The number of carbonyl (C=O) groups is 2. The zero-order valence-corrected chi connectivity index (χ0v) is 13.4. The number of rotatable bonds is 4. The maximum absolute atomic E-state index is 12.5. The molecule has 2 aliphatic rings. The van der Waals surface area contributed by atoms with Gasteiger partial charge in [0.15, 0.2) is 0 Å². The Labute approximate surface area is 136 Å². The second kappa shape index (κ2) is 6.32. The number of benzene rings is 1. The summed E-state index contributed by atoms with van der Waals surface area (Å²) in [6, 6.07) is 6.30. The number of likely N-dealkylation sites (tertiary alicyclic amines) is 1. The zero-order chi connectivity index (χ0) is 16.4. The molecule has 5 nitrogen and oxygen atoms in total. The molecule has 0 spiro atoms. The monoisotopic (exact) mass is 316 g/mol. The third kappa shape index (κ3) is 3.72. The number of fused-ring (bicyclic) bond motifs is 1. The lowest BCUT2D eigenvalue weighted by Crippen LogP contribution is -2.52. The predicted octanol–water partition coefficient (Wildman–Crippen LogP) is 0.947. The SMILES string of the molecule is NC(=O)CC1(O)CCCN(C(=O)Cc2ccc3c(c2)CCC3)C1. The van der Waals surface area contributed by atoms with E-state index < -0.39 is 11.5 Å². The van der Waals surface area contributed by atoms with Crippen molar-refractivity contribution < 1.29 is 14.7 Å². The van der Waals surface area contributed by atoms with Gasteiger partial charge in [-0.3, -0.25) is 9.59 Å². The molecule has 1 aliphatic carbocycles. The first kappa shape index (κ1) is 16.0. The molecular formula is C18H24N2O3. The number of β-amino-alcohol motifs (C(OH)–C–C–N with tert-alkyl or cyclic N) is 1. The fourth-order valence-electron chi connectivity index (χ4n) is 3.82. The van der Waals surface area contributed by atoms with Crippen molar-refractivity contribution in [2.24, 2.45) is 5.73 Å². The van der Waals surface area contributed by atoms with E-state index in [-0.39, 0.29) is 18.9 Å². The Hall–Kier alpha value is -1.88. The van der Waals surface area contributed by atoms with Gasteiger partial charge in [-0.15, -0.1) is 0 Å². The quantitative estimate of drug-likeness (QED) is 0.867. The van der Waals surface area contributed by atoms with Gasteiger partial charge in [0.2, 0.25) is 11.8 Å². The van der Waals surface area contributed by atoms with Crippen molar-refractivity contribution in [2.75, 3.05) is 13.1 Å². The molecule has 3 N–H and O–H groups in total. The topological polar surface area (TPSA) is 83.6 Å². The van der Waals surface area contributed by atoms with E-state index in [2.05, 4.69) is 12.1 Å². The Morgan fingerprint density at radius 3 is 2.78 bits per heavy atom. The molecule has 1 atom stereocenters. The summed E-state index contributed by atoms with van der Waals surface area (Å²) in [4.78, 5) is 25.3. The van der Waals surface area contributed by atoms with Crippen LogP contribution in [-0.2, 0) is 28.9 Å². The number of hydrogen-bond acceptors (Lipinski definition) is 3. The number of primary amides is 1. The number of nitrogens with two attached hydrogens (primary N) is 1. The number of nitrogens with zero attached hydrogens (tertiary/aromatic N) is 1. The highest BCUT2D eigenvalue weighted by atomic mass is 16.3. The van der Waals surface area contributed by atoms with Crippen LogP contribution in [0.25, 0.3) is 0 Å². The van der Waals surface area contributed by atoms with Crippen LogP contribution < -0.4 is 5.73 Å². The zero-order valence-electron chi connectivity index (χ0n) is 13.4. The highest BCUT2D eigenvalue weighted by Gasteiger charge is 2.36. The molecule has 1 fully saturated rings. The van der Waals surface area contributed by atoms with Gasteiger partial charge in [-0.25, -0.2) is 0 Å². The average Bonchev–Trinajstić information content (AvgIpc) is 2.93. The van der Waals surface area contributed by atoms with Crippen molar-refractivity contribution in [3.8, 4) is 0 Å². The van der Waals surface area contributed by atoms with Crippen LogP contribution in [0.2, 0.25) is 0 Å². The number of aryl methyl sites for hydroxylation is 2. The molecule has 0 aromatic heterocycles. The molecule has 3 rings (SSSR count). The summed E-state index contributed by atoms with van der Waals surface area (Å²) in [6.07, 6.45) is 4.89. The van der Waals surface area contributed by atoms with Crippen LogP contribution in [-0.4, -0.2) is 40.5 Å². The van der Waals surface area contributed by atoms with E-state index in [0.717, 1.165) is 18.4 Å². The molecule has 2 amide bonds. The maximum atomic E-state index is 12.5. The highest BCUT2D eigenvalue weighted by Crippen LogP contribution is 2.26. The lowest BCUT2D eigenvalue weighted by Gasteiger charge is -2.38. The van der Waals surface area contributed by atoms with E-state index in [1.807, 2.05) is 6.07 Å². The third-order valence-corrected chi connectivity index (χ3v) is 4.93. The van der Waals surface area contributed by atoms with Gasteiger partial charge in [0.25, 0.3) is 0 Å². The van der Waals surface area contributed by atoms with Crippen LogP contribution >= 0.6 is 0 Å². The molecule has 5 heteroatoms. The van der Waals surface area contributed by atoms with Gasteiger partial charge in [0.1, 0.15) is 0 Å². The molecule has 1 saturated heterocycles. The molecular weight excluding hydrogens is 292 g/mol. The van der Waals surface area contributed by atoms with E-state index in [4.69, 9.17) is 5.73 Å². The van der Waals surface area contributed by atoms with Gasteiger partial charge in [0, 0.05) is 13.1 Å². The summed E-state index contributed by atoms with van der Waals surface area (Å²) in [5, 5.41) is 10.5. The molecule has 1 aromatic rings. The van der Waals surface area contributed by atoms with Crippen LogP contribution in [0.1, 0.15) is 42.4 Å². The Balaban J connectivity index is 1.64. The number of carbonyl (C=O) groups excluding carboxylic acids is 2. The van der Waals surface area contributed by atoms with Crippen molar-refractivity contribution in [3.05, 3.63) is 34.9 Å². The van der Waals surface area contributed by atoms with Crippen LogP contribution in [0, 0.1) is 0 Å². The Morgan fingerprint density at radius 1 is 1.22 bits per heavy atom. The molecule has 0 bridgehead atoms. The van der Waals surface area contributed by atoms with Gasteiger partial charge in [0.05, 0.1) is 18.4 Å². The lowest BCUT2D eigenvalue weighted by atomic mass is 9.89. The van der Waals surface area contributed by atoms with Crippen LogP contribution in [0.15, 0.2) is 18.2 Å². The maximum Gasteiger partial charge on any atom is 0.227 e. The number of aliphatic hydroxyl groups is 1. The largest absolute Gasteiger partial charge is 0.388 e. The molecule has 1 heterocycles. The molecule has 124 valence electrons. The Morgan fingerprint density at radius 2 is 2.00 bits per heavy atom. The van der Waals surface area contributed by atoms with E-state index in [0.29, 0.717) is 25.8 Å². The molecule has 1 unspecified atom stereocenters. The van der Waals surface area contributed by atoms with Crippen LogP contribution in [0.4, 0.5) is 0 Å². The van der Waals surface area contributed by atoms with E-state index in [1.54, 1.807) is 4.90 Å². The van der Waals surface area contributed by atoms with Gasteiger partial charge in [-0.2, -0.15) is 0 Å². The Kier molecular flexibility index (Phi) is 4.39. The second-order valence-corrected chi connectivity index (χ2v) is 6.92. The summed E-state index contributed by atoms with van der Waals surface area (Å²) in [5.74, 6) is -0.522. The van der Waals surface area contributed by atoms with Gasteiger partial charge in [-0.05, 0) is 48.8 Å². The average molecular weight is 316 g/mol. The first-order valence-corrected chi connectivity index (χ1v) is 8.34. The van der Waals surface area contributed by atoms with E-state index in [9.17, 15) is 14.7 Å². The Bertz CT molecular complexity index is 629. The fraction of sp³-hybridized carbons (Fsp3) is 0.556. The first-order valence-electron chi connectivity index (χ1n) is 8.34. The van der Waals surface area contributed by atoms with Crippen molar-refractivity contribution in [1.82, 2.24) is 4.90 Å². The summed E-state index contributed by atoms with van der Waals surface area (Å²) < 4.78 is 0. The third-order valence-electron chi connectivity index (χ3n) is 4.93. The standard InChI is InChI=1S/C18H24N2O3/c19-16(21)11-18(23)7-2-8-20(12-18)17(22)10-13-5-6-14-3-1-4-15(14)9-13/h5-6,9,23H,1-4,7-8,10-12H2,(H2,19,21). The summed E-state index contributed by atoms with van der Waals surface area (Å²) in [5.41, 5.74) is 7.82. The number of hydrogen-bond donors (Lipinski definition) is 2. The van der Waals surface area contributed by atoms with Gasteiger partial charge < -0.3 is 15.7 Å². The summed E-state index contributed by atoms with van der Waals surface area (Å²) >= 11 is 0. The highest BCUT2D eigenvalue weighted by molar-refractivity contribution is 5.79. The predicted molar refractivity (Wildman–Crippen MR) is 86.7 cm³/mol. The number of amides is 2. The minimum absolute atomic E-state index is 0.00513. The van der Waals surface area contributed by atoms with Crippen LogP contribution in [0.3, 0.4) is 0 Å². The van der Waals surface area contributed by atoms with Crippen molar-refractivity contribution in [2.45, 2.75) is 50.5 Å². The van der Waals surface area contributed by atoms with Gasteiger partial charge in [-0.1, -0.05) is 18.2 Å². The normalized spacial score (nSPS) is 23.6. The molecule has 23 heavy (non-hydrogen) atoms. The molecule has 0 radical (unpaired) electrons. The summed E-state index contributed by atoms with van der Waals surface area (Å²) in [6.45, 7) is 0.824. The van der Waals surface area contributed by atoms with Crippen molar-refractivity contribution in [3.63, 3.8) is 0 Å². The van der Waals surface area contributed by atoms with Crippen molar-refractivity contribution >= 4 is 11.8 Å². The fourth-order valence-corrected chi connectivity index (χ4v) is 3.82. The van der Waals surface area contributed by atoms with Crippen molar-refractivity contribution in [1.29, 1.82) is 0 Å². The van der Waals surface area contributed by atoms with E-state index >= 15 is 0 Å². The minimum atomic E-state index is -1.17. The number of piperidine rings is 1. The second-order valence-electron chi connectivity index (χ2n) is 6.92. The van der Waals surface area contributed by atoms with Gasteiger partial charge >= 0.3 is 0 Å². The first-order chi connectivity index (χ1) is 11.0. The smallest absolute Gasteiger partial charge is 0.227 e. The molecule has 0 saturated carbocycles. The minimum Gasteiger partial charge on any atom is -0.388 e. The van der Waals surface area contributed by atoms with E-state index in [1.165, 1.54) is 17.5 Å². The molecule has 1 aliphatic heterocycles.